The number of carbonyl (C=O) groups is 3. The van der Waals surface area contributed by atoms with Crippen LogP contribution in [0.3, 0.4) is 0 Å². The van der Waals surface area contributed by atoms with Crippen LogP contribution in [0.5, 0.6) is 0 Å². The van der Waals surface area contributed by atoms with Gasteiger partial charge in [0.05, 0.1) is 17.7 Å². The maximum absolute atomic E-state index is 12.7. The van der Waals surface area contributed by atoms with E-state index in [0.717, 1.165) is 5.56 Å². The zero-order valence-electron chi connectivity index (χ0n) is 18.6. The second-order valence-corrected chi connectivity index (χ2v) is 7.75. The van der Waals surface area contributed by atoms with Crippen LogP contribution >= 0.6 is 0 Å². The van der Waals surface area contributed by atoms with E-state index in [2.05, 4.69) is 10.6 Å². The number of benzene rings is 2. The summed E-state index contributed by atoms with van der Waals surface area (Å²) in [5.41, 5.74) is 3.15. The number of nitrogens with zero attached hydrogens (tertiary/aromatic N) is 1. The molecule has 2 N–H and O–H groups in total. The summed E-state index contributed by atoms with van der Waals surface area (Å²) >= 11 is 0. The standard InChI is InChI=1S/C25H27N3O4/c1-16(2)32-24(30)22-17(3)28(4)25(31)27-23(22)19-11-13-20(14-12-19)26-21(29)15-10-18-8-6-5-7-9-18/h5-16,23H,1-4H3,(H,26,29)(H,27,31). The Hall–Kier alpha value is -3.87. The highest BCUT2D eigenvalue weighted by atomic mass is 16.5. The van der Waals surface area contributed by atoms with Gasteiger partial charge >= 0.3 is 12.0 Å². The third kappa shape index (κ3) is 5.43. The molecule has 3 rings (SSSR count). The van der Waals surface area contributed by atoms with Crippen LogP contribution in [0.2, 0.25) is 0 Å². The molecule has 0 saturated heterocycles. The van der Waals surface area contributed by atoms with Gasteiger partial charge in [-0.3, -0.25) is 4.79 Å². The van der Waals surface area contributed by atoms with E-state index in [1.165, 1.54) is 11.0 Å². The van der Waals surface area contributed by atoms with Gasteiger partial charge in [-0.25, -0.2) is 9.59 Å². The first-order valence-electron chi connectivity index (χ1n) is 10.4. The first-order valence-corrected chi connectivity index (χ1v) is 10.4. The van der Waals surface area contributed by atoms with Crippen molar-refractivity contribution in [3.63, 3.8) is 0 Å². The quantitative estimate of drug-likeness (QED) is 0.526. The van der Waals surface area contributed by atoms with Crippen molar-refractivity contribution in [1.29, 1.82) is 0 Å². The number of hydrogen-bond acceptors (Lipinski definition) is 4. The Balaban J connectivity index is 1.77. The molecule has 1 aliphatic rings. The number of rotatable bonds is 6. The third-order valence-corrected chi connectivity index (χ3v) is 5.05. The van der Waals surface area contributed by atoms with Crippen molar-refractivity contribution in [3.05, 3.63) is 83.1 Å². The number of carbonyl (C=O) groups excluding carboxylic acids is 3. The highest BCUT2D eigenvalue weighted by Gasteiger charge is 2.35. The predicted octanol–water partition coefficient (Wildman–Crippen LogP) is 4.26. The summed E-state index contributed by atoms with van der Waals surface area (Å²) in [4.78, 5) is 38.7. The maximum atomic E-state index is 12.7. The molecule has 0 bridgehead atoms. The van der Waals surface area contributed by atoms with Crippen molar-refractivity contribution in [2.75, 3.05) is 12.4 Å². The summed E-state index contributed by atoms with van der Waals surface area (Å²) in [6, 6.07) is 15.6. The monoisotopic (exact) mass is 433 g/mol. The average molecular weight is 434 g/mol. The van der Waals surface area contributed by atoms with E-state index in [4.69, 9.17) is 4.74 Å². The summed E-state index contributed by atoms with van der Waals surface area (Å²) in [6.45, 7) is 5.27. The zero-order chi connectivity index (χ0) is 23.3. The molecule has 0 aliphatic carbocycles. The topological polar surface area (TPSA) is 87.7 Å². The van der Waals surface area contributed by atoms with Crippen LogP contribution in [0.1, 0.15) is 37.9 Å². The molecule has 1 aliphatic heterocycles. The van der Waals surface area contributed by atoms with E-state index in [1.54, 1.807) is 58.2 Å². The van der Waals surface area contributed by atoms with Gasteiger partial charge in [-0.15, -0.1) is 0 Å². The summed E-state index contributed by atoms with van der Waals surface area (Å²) < 4.78 is 5.40. The van der Waals surface area contributed by atoms with Gasteiger partial charge in [-0.1, -0.05) is 42.5 Å². The molecule has 0 fully saturated rings. The van der Waals surface area contributed by atoms with Crippen LogP contribution in [-0.4, -0.2) is 36.0 Å². The van der Waals surface area contributed by atoms with Gasteiger partial charge in [-0.2, -0.15) is 0 Å². The molecule has 1 unspecified atom stereocenters. The Labute approximate surface area is 187 Å². The molecule has 2 aromatic carbocycles. The van der Waals surface area contributed by atoms with Gasteiger partial charge in [0.25, 0.3) is 0 Å². The minimum absolute atomic E-state index is 0.258. The van der Waals surface area contributed by atoms with Crippen molar-refractivity contribution in [1.82, 2.24) is 10.2 Å². The van der Waals surface area contributed by atoms with Gasteiger partial charge < -0.3 is 20.3 Å². The Bertz CT molecular complexity index is 1060. The molecule has 0 radical (unpaired) electrons. The minimum Gasteiger partial charge on any atom is -0.459 e. The SMILES string of the molecule is CC1=C(C(=O)OC(C)C)C(c2ccc(NC(=O)C=Cc3ccccc3)cc2)NC(=O)N1C. The van der Waals surface area contributed by atoms with Gasteiger partial charge in [0.1, 0.15) is 0 Å². The molecule has 3 amide bonds. The fourth-order valence-electron chi connectivity index (χ4n) is 3.31. The summed E-state index contributed by atoms with van der Waals surface area (Å²) in [5.74, 6) is -0.732. The Morgan fingerprint density at radius 1 is 1.09 bits per heavy atom. The number of hydrogen-bond donors (Lipinski definition) is 2. The van der Waals surface area contributed by atoms with Crippen LogP contribution in [0, 0.1) is 0 Å². The number of esters is 1. The van der Waals surface area contributed by atoms with Crippen molar-refractivity contribution in [2.45, 2.75) is 32.9 Å². The summed E-state index contributed by atoms with van der Waals surface area (Å²) in [5, 5.41) is 5.65. The van der Waals surface area contributed by atoms with E-state index in [9.17, 15) is 14.4 Å². The maximum Gasteiger partial charge on any atom is 0.338 e. The highest BCUT2D eigenvalue weighted by molar-refractivity contribution is 6.02. The molecular weight excluding hydrogens is 406 g/mol. The van der Waals surface area contributed by atoms with Crippen LogP contribution in [0.25, 0.3) is 6.08 Å². The number of ether oxygens (including phenoxy) is 1. The molecule has 0 saturated carbocycles. The molecule has 7 nitrogen and oxygen atoms in total. The number of nitrogens with one attached hydrogen (secondary N) is 2. The molecule has 7 heteroatoms. The molecule has 1 heterocycles. The predicted molar refractivity (Wildman–Crippen MR) is 124 cm³/mol. The van der Waals surface area contributed by atoms with E-state index >= 15 is 0 Å². The molecule has 32 heavy (non-hydrogen) atoms. The lowest BCUT2D eigenvalue weighted by Crippen LogP contribution is -2.46. The fraction of sp³-hybridized carbons (Fsp3) is 0.240. The molecule has 2 aromatic rings. The van der Waals surface area contributed by atoms with Crippen LogP contribution in [-0.2, 0) is 14.3 Å². The fourth-order valence-corrected chi connectivity index (χ4v) is 3.31. The van der Waals surface area contributed by atoms with Crippen molar-refractivity contribution >= 4 is 29.7 Å². The summed E-state index contributed by atoms with van der Waals surface area (Å²) in [7, 11) is 1.60. The Morgan fingerprint density at radius 2 is 1.75 bits per heavy atom. The van der Waals surface area contributed by atoms with Crippen LogP contribution in [0.4, 0.5) is 10.5 Å². The van der Waals surface area contributed by atoms with Gasteiger partial charge in [0, 0.05) is 24.5 Å². The summed E-state index contributed by atoms with van der Waals surface area (Å²) in [6.07, 6.45) is 2.91. The number of allylic oxidation sites excluding steroid dienone is 1. The molecule has 1 atom stereocenters. The average Bonchev–Trinajstić information content (AvgIpc) is 2.76. The Kier molecular flexibility index (Phi) is 7.10. The molecule has 0 aromatic heterocycles. The van der Waals surface area contributed by atoms with Crippen molar-refractivity contribution in [3.8, 4) is 0 Å². The van der Waals surface area contributed by atoms with Gasteiger partial charge in [0.2, 0.25) is 5.91 Å². The van der Waals surface area contributed by atoms with E-state index in [0.29, 0.717) is 22.5 Å². The first-order chi connectivity index (χ1) is 15.3. The molecule has 0 spiro atoms. The lowest BCUT2D eigenvalue weighted by Gasteiger charge is -2.33. The third-order valence-electron chi connectivity index (χ3n) is 5.05. The van der Waals surface area contributed by atoms with Crippen molar-refractivity contribution < 1.29 is 19.1 Å². The normalized spacial score (nSPS) is 16.3. The van der Waals surface area contributed by atoms with Crippen molar-refractivity contribution in [2.24, 2.45) is 0 Å². The highest BCUT2D eigenvalue weighted by Crippen LogP contribution is 2.31. The molecule has 166 valence electrons. The lowest BCUT2D eigenvalue weighted by molar-refractivity contribution is -0.143. The first kappa shape index (κ1) is 22.8. The molecular formula is C25H27N3O4. The van der Waals surface area contributed by atoms with Gasteiger partial charge in [-0.05, 0) is 50.1 Å². The second kappa shape index (κ2) is 9.96. The van der Waals surface area contributed by atoms with E-state index in [-0.39, 0.29) is 18.0 Å². The Morgan fingerprint density at radius 3 is 2.38 bits per heavy atom. The number of anilines is 1. The lowest BCUT2D eigenvalue weighted by atomic mass is 9.95. The second-order valence-electron chi connectivity index (χ2n) is 7.75. The number of urea groups is 1. The van der Waals surface area contributed by atoms with Crippen LogP contribution < -0.4 is 10.6 Å². The smallest absolute Gasteiger partial charge is 0.338 e. The van der Waals surface area contributed by atoms with Gasteiger partial charge in [0.15, 0.2) is 0 Å². The minimum atomic E-state index is -0.646. The largest absolute Gasteiger partial charge is 0.459 e. The van der Waals surface area contributed by atoms with E-state index in [1.807, 2.05) is 30.3 Å². The van der Waals surface area contributed by atoms with E-state index < -0.39 is 12.0 Å². The zero-order valence-corrected chi connectivity index (χ0v) is 18.6. The number of amides is 3. The van der Waals surface area contributed by atoms with Crippen LogP contribution in [0.15, 0.2) is 71.9 Å².